The largest absolute Gasteiger partial charge is 0.457 e. The fraction of sp³-hybridized carbons (Fsp3) is 0.0769. The Morgan fingerprint density at radius 1 is 1.03 bits per heavy atom. The molecular formula is C26H22N6O2. The van der Waals surface area contributed by atoms with Crippen LogP contribution in [0.2, 0.25) is 0 Å². The quantitative estimate of drug-likeness (QED) is 0.370. The number of ether oxygens (including phenoxy) is 1. The third kappa shape index (κ3) is 4.56. The van der Waals surface area contributed by atoms with Crippen molar-refractivity contribution < 1.29 is 9.53 Å². The second kappa shape index (κ2) is 9.03. The van der Waals surface area contributed by atoms with Crippen LogP contribution in [0, 0.1) is 6.92 Å². The lowest BCUT2D eigenvalue weighted by Gasteiger charge is -2.08. The number of pyridine rings is 1. The van der Waals surface area contributed by atoms with Crippen LogP contribution >= 0.6 is 0 Å². The summed E-state index contributed by atoms with van der Waals surface area (Å²) < 4.78 is 7.70. The fourth-order valence-electron chi connectivity index (χ4n) is 3.49. The molecule has 0 aliphatic heterocycles. The Hall–Kier alpha value is -4.72. The van der Waals surface area contributed by atoms with Gasteiger partial charge in [0.1, 0.15) is 11.5 Å². The number of hydrogen-bond donors (Lipinski definition) is 2. The first kappa shape index (κ1) is 21.1. The number of fused-ring (bicyclic) bond motifs is 1. The van der Waals surface area contributed by atoms with Crippen LogP contribution in [0.25, 0.3) is 23.1 Å². The zero-order chi connectivity index (χ0) is 23.5. The van der Waals surface area contributed by atoms with Gasteiger partial charge in [0.2, 0.25) is 0 Å². The maximum Gasteiger partial charge on any atom is 0.276 e. The van der Waals surface area contributed by atoms with E-state index in [1.165, 1.54) is 0 Å². The smallest absolute Gasteiger partial charge is 0.276 e. The molecule has 0 unspecified atom stereocenters. The first-order chi connectivity index (χ1) is 16.5. The van der Waals surface area contributed by atoms with E-state index in [9.17, 15) is 4.79 Å². The summed E-state index contributed by atoms with van der Waals surface area (Å²) >= 11 is 0. The second-order valence-electron chi connectivity index (χ2n) is 7.78. The number of benzene rings is 2. The van der Waals surface area contributed by atoms with Gasteiger partial charge in [-0.3, -0.25) is 19.6 Å². The molecule has 8 nitrogen and oxygen atoms in total. The molecule has 1 amide bonds. The predicted molar refractivity (Wildman–Crippen MR) is 132 cm³/mol. The topological polar surface area (TPSA) is 97.7 Å². The van der Waals surface area contributed by atoms with Crippen molar-refractivity contribution in [1.29, 1.82) is 0 Å². The Bertz CT molecular complexity index is 1480. The van der Waals surface area contributed by atoms with Gasteiger partial charge in [-0.2, -0.15) is 10.2 Å². The Kier molecular flexibility index (Phi) is 5.61. The maximum absolute atomic E-state index is 12.5. The van der Waals surface area contributed by atoms with Crippen LogP contribution in [0.5, 0.6) is 11.5 Å². The van der Waals surface area contributed by atoms with E-state index in [0.717, 1.165) is 28.0 Å². The fourth-order valence-corrected chi connectivity index (χ4v) is 3.49. The third-order valence-electron chi connectivity index (χ3n) is 5.34. The summed E-state index contributed by atoms with van der Waals surface area (Å²) in [5, 5.41) is 15.5. The average Bonchev–Trinajstić information content (AvgIpc) is 3.41. The molecule has 0 spiro atoms. The van der Waals surface area contributed by atoms with Crippen molar-refractivity contribution in [3.8, 4) is 11.5 Å². The van der Waals surface area contributed by atoms with Gasteiger partial charge in [-0.05, 0) is 61.5 Å². The zero-order valence-corrected chi connectivity index (χ0v) is 18.7. The molecule has 0 radical (unpaired) electrons. The van der Waals surface area contributed by atoms with Crippen molar-refractivity contribution in [2.24, 2.45) is 7.05 Å². The molecule has 5 aromatic rings. The summed E-state index contributed by atoms with van der Waals surface area (Å²) in [7, 11) is 1.80. The Labute approximate surface area is 195 Å². The summed E-state index contributed by atoms with van der Waals surface area (Å²) in [6.45, 7) is 1.90. The molecule has 2 aromatic carbocycles. The van der Waals surface area contributed by atoms with Gasteiger partial charge < -0.3 is 10.1 Å². The lowest BCUT2D eigenvalue weighted by atomic mass is 10.2. The van der Waals surface area contributed by atoms with Crippen LogP contribution in [0.15, 0.2) is 72.9 Å². The van der Waals surface area contributed by atoms with Crippen LogP contribution in [-0.4, -0.2) is 30.9 Å². The first-order valence-electron chi connectivity index (χ1n) is 10.7. The van der Waals surface area contributed by atoms with E-state index >= 15 is 0 Å². The summed E-state index contributed by atoms with van der Waals surface area (Å²) in [6.07, 6.45) is 5.61. The van der Waals surface area contributed by atoms with Crippen molar-refractivity contribution in [2.75, 3.05) is 5.32 Å². The van der Waals surface area contributed by atoms with Gasteiger partial charge in [0.15, 0.2) is 5.69 Å². The highest BCUT2D eigenvalue weighted by molar-refractivity contribution is 6.03. The van der Waals surface area contributed by atoms with Crippen molar-refractivity contribution in [3.05, 3.63) is 95.7 Å². The first-order valence-corrected chi connectivity index (χ1v) is 10.7. The van der Waals surface area contributed by atoms with Gasteiger partial charge in [-0.1, -0.05) is 12.1 Å². The predicted octanol–water partition coefficient (Wildman–Crippen LogP) is 5.21. The average molecular weight is 451 g/mol. The monoisotopic (exact) mass is 450 g/mol. The number of aromatic nitrogens is 5. The molecule has 0 saturated carbocycles. The minimum Gasteiger partial charge on any atom is -0.457 e. The molecule has 0 bridgehead atoms. The van der Waals surface area contributed by atoms with E-state index in [4.69, 9.17) is 4.74 Å². The van der Waals surface area contributed by atoms with Crippen molar-refractivity contribution in [1.82, 2.24) is 25.0 Å². The number of aryl methyl sites for hydroxylation is 2. The molecule has 168 valence electrons. The number of aromatic amines is 1. The molecule has 0 atom stereocenters. The highest BCUT2D eigenvalue weighted by Gasteiger charge is 2.12. The van der Waals surface area contributed by atoms with Crippen molar-refractivity contribution in [2.45, 2.75) is 6.92 Å². The molecule has 3 heterocycles. The molecule has 34 heavy (non-hydrogen) atoms. The molecule has 0 fully saturated rings. The molecule has 0 aliphatic carbocycles. The summed E-state index contributed by atoms with van der Waals surface area (Å²) in [6, 6.07) is 20.5. The Morgan fingerprint density at radius 3 is 2.71 bits per heavy atom. The molecule has 2 N–H and O–H groups in total. The Morgan fingerprint density at radius 2 is 1.91 bits per heavy atom. The zero-order valence-electron chi connectivity index (χ0n) is 18.7. The highest BCUT2D eigenvalue weighted by Crippen LogP contribution is 2.28. The number of amides is 1. The van der Waals surface area contributed by atoms with Crippen LogP contribution in [0.1, 0.15) is 27.6 Å². The highest BCUT2D eigenvalue weighted by atomic mass is 16.5. The van der Waals surface area contributed by atoms with Gasteiger partial charge in [0, 0.05) is 42.1 Å². The number of nitrogens with one attached hydrogen (secondary N) is 2. The summed E-state index contributed by atoms with van der Waals surface area (Å²) in [5.41, 5.74) is 4.43. The molecule has 5 rings (SSSR count). The number of hydrogen-bond acceptors (Lipinski definition) is 5. The molecule has 8 heteroatoms. The molecular weight excluding hydrogens is 428 g/mol. The number of carbonyl (C=O) groups excluding carboxylic acids is 1. The molecule has 0 aliphatic rings. The third-order valence-corrected chi connectivity index (χ3v) is 5.34. The van der Waals surface area contributed by atoms with E-state index in [-0.39, 0.29) is 5.91 Å². The Balaban J connectivity index is 1.30. The molecule has 3 aromatic heterocycles. The lowest BCUT2D eigenvalue weighted by Crippen LogP contribution is -2.13. The van der Waals surface area contributed by atoms with Crippen molar-refractivity contribution in [3.63, 3.8) is 0 Å². The second-order valence-corrected chi connectivity index (χ2v) is 7.78. The van der Waals surface area contributed by atoms with Gasteiger partial charge in [0.25, 0.3) is 5.91 Å². The van der Waals surface area contributed by atoms with E-state index in [2.05, 4.69) is 25.6 Å². The number of anilines is 1. The SMILES string of the molecule is Cc1cc(C(=O)Nc2cccc(Oc3ccc4c(/C=C/c5ccccn5)n[nH]c4c3)c2)nn1C. The van der Waals surface area contributed by atoms with E-state index in [1.54, 1.807) is 36.1 Å². The standard InChI is InChI=1S/C26H22N6O2/c1-17-14-25(31-32(17)2)26(33)28-19-7-5-8-20(15-19)34-21-10-11-22-23(29-30-24(22)16-21)12-9-18-6-3-4-13-27-18/h3-16H,1-2H3,(H,28,33)(H,29,30)/b12-9+. The minimum atomic E-state index is -0.272. The van der Waals surface area contributed by atoms with Crippen molar-refractivity contribution >= 4 is 34.6 Å². The van der Waals surface area contributed by atoms with Gasteiger partial charge in [-0.25, -0.2) is 0 Å². The van der Waals surface area contributed by atoms with Gasteiger partial charge >= 0.3 is 0 Å². The summed E-state index contributed by atoms with van der Waals surface area (Å²) in [4.78, 5) is 16.8. The lowest BCUT2D eigenvalue weighted by molar-refractivity contribution is 0.102. The number of nitrogens with zero attached hydrogens (tertiary/aromatic N) is 4. The minimum absolute atomic E-state index is 0.272. The van der Waals surface area contributed by atoms with Crippen LogP contribution in [-0.2, 0) is 7.05 Å². The van der Waals surface area contributed by atoms with Gasteiger partial charge in [0.05, 0.1) is 16.9 Å². The van der Waals surface area contributed by atoms with E-state index in [1.807, 2.05) is 67.6 Å². The van der Waals surface area contributed by atoms with E-state index < -0.39 is 0 Å². The summed E-state index contributed by atoms with van der Waals surface area (Å²) in [5.74, 6) is 0.982. The number of rotatable bonds is 6. The van der Waals surface area contributed by atoms with Crippen LogP contribution in [0.4, 0.5) is 5.69 Å². The number of carbonyl (C=O) groups is 1. The van der Waals surface area contributed by atoms with Crippen LogP contribution in [0.3, 0.4) is 0 Å². The maximum atomic E-state index is 12.5. The molecule has 0 saturated heterocycles. The van der Waals surface area contributed by atoms with E-state index in [0.29, 0.717) is 22.9 Å². The number of H-pyrrole nitrogens is 1. The normalized spacial score (nSPS) is 11.2. The van der Waals surface area contributed by atoms with Crippen LogP contribution < -0.4 is 10.1 Å². The van der Waals surface area contributed by atoms with Gasteiger partial charge in [-0.15, -0.1) is 0 Å².